The normalized spacial score (nSPS) is 10.1. The number of hydrogen-bond donors (Lipinski definition) is 0. The molecule has 0 saturated carbocycles. The summed E-state index contributed by atoms with van der Waals surface area (Å²) in [5.74, 6) is 0. The molecule has 0 atom stereocenters. The summed E-state index contributed by atoms with van der Waals surface area (Å²) in [5, 5.41) is 10.8. The molecule has 7 aromatic rings. The van der Waals surface area contributed by atoms with Crippen LogP contribution < -0.4 is 24.8 Å². The van der Waals surface area contributed by atoms with E-state index >= 15 is 0 Å². The molecule has 0 aliphatic carbocycles. The minimum absolute atomic E-state index is 0. The van der Waals surface area contributed by atoms with Gasteiger partial charge in [-0.05, 0) is 10.9 Å². The second-order valence-corrected chi connectivity index (χ2v) is 11.6. The van der Waals surface area contributed by atoms with Crippen molar-refractivity contribution in [3.05, 3.63) is 133 Å². The van der Waals surface area contributed by atoms with Crippen molar-refractivity contribution >= 4 is 46.3 Å². The van der Waals surface area contributed by atoms with Gasteiger partial charge in [-0.2, -0.15) is 24.3 Å². The molecular weight excluding hydrogens is 583 g/mol. The average Bonchev–Trinajstić information content (AvgIpc) is 3.60. The monoisotopic (exact) mass is 608 g/mol. The van der Waals surface area contributed by atoms with Crippen LogP contribution in [0.5, 0.6) is 0 Å². The predicted molar refractivity (Wildman–Crippen MR) is 156 cm³/mol. The van der Waals surface area contributed by atoms with Gasteiger partial charge in [0.15, 0.2) is 0 Å². The molecular formula is C35H28Cl2Zr-2. The van der Waals surface area contributed by atoms with Crippen LogP contribution >= 0.6 is 0 Å². The minimum atomic E-state index is 0. The molecule has 38 heavy (non-hydrogen) atoms. The number of fused-ring (bicyclic) bond motifs is 7. The zero-order chi connectivity index (χ0) is 24.9. The summed E-state index contributed by atoms with van der Waals surface area (Å²) in [5.41, 5.74) is 2.60. The van der Waals surface area contributed by atoms with E-state index in [0.29, 0.717) is 0 Å². The van der Waals surface area contributed by atoms with E-state index in [1.54, 1.807) is 24.2 Å². The Bertz CT molecular complexity index is 1700. The molecule has 0 N–H and O–H groups in total. The van der Waals surface area contributed by atoms with Crippen molar-refractivity contribution in [3.8, 4) is 11.1 Å². The predicted octanol–water partition coefficient (Wildman–Crippen LogP) is 3.84. The summed E-state index contributed by atoms with van der Waals surface area (Å²) in [7, 11) is 0. The molecule has 0 saturated heterocycles. The number of hydrogen-bond acceptors (Lipinski definition) is 0. The summed E-state index contributed by atoms with van der Waals surface area (Å²) in [6, 6.07) is 47.3. The Balaban J connectivity index is 0.000000178. The molecule has 7 aromatic carbocycles. The molecule has 0 fully saturated rings. The third kappa shape index (κ3) is 6.41. The number of halogens is 2. The molecule has 7 rings (SSSR count). The van der Waals surface area contributed by atoms with E-state index in [1.165, 1.54) is 57.4 Å². The van der Waals surface area contributed by atoms with Gasteiger partial charge in [0.05, 0.1) is 0 Å². The van der Waals surface area contributed by atoms with Gasteiger partial charge in [-0.3, -0.25) is 0 Å². The topological polar surface area (TPSA) is 0 Å². The molecule has 0 radical (unpaired) electrons. The van der Waals surface area contributed by atoms with Crippen LogP contribution in [0.15, 0.2) is 133 Å². The van der Waals surface area contributed by atoms with Gasteiger partial charge in [0, 0.05) is 0 Å². The van der Waals surface area contributed by atoms with Crippen molar-refractivity contribution in [1.82, 2.24) is 0 Å². The zero-order valence-corrected chi connectivity index (χ0v) is 25.4. The van der Waals surface area contributed by atoms with E-state index in [4.69, 9.17) is 0 Å². The van der Waals surface area contributed by atoms with E-state index < -0.39 is 0 Å². The summed E-state index contributed by atoms with van der Waals surface area (Å²) in [4.78, 5) is 0. The van der Waals surface area contributed by atoms with E-state index in [1.807, 2.05) is 0 Å². The number of benzene rings is 5. The van der Waals surface area contributed by atoms with Crippen molar-refractivity contribution in [1.29, 1.82) is 0 Å². The first-order chi connectivity index (χ1) is 17.6. The van der Waals surface area contributed by atoms with Crippen LogP contribution in [0.4, 0.5) is 0 Å². The van der Waals surface area contributed by atoms with E-state index in [2.05, 4.69) is 147 Å². The second kappa shape index (κ2) is 13.8. The van der Waals surface area contributed by atoms with E-state index in [0.717, 1.165) is 0 Å². The summed E-state index contributed by atoms with van der Waals surface area (Å²) < 4.78 is 1.51. The average molecular weight is 611 g/mol. The Labute approximate surface area is 252 Å². The molecule has 0 spiro atoms. The minimum Gasteiger partial charge on any atom is -1.00 e. The first kappa shape index (κ1) is 29.7. The Morgan fingerprint density at radius 1 is 0.500 bits per heavy atom. The number of rotatable bonds is 1. The fourth-order valence-corrected chi connectivity index (χ4v) is 4.83. The third-order valence-electron chi connectivity index (χ3n) is 6.30. The van der Waals surface area contributed by atoms with E-state index in [9.17, 15) is 0 Å². The molecule has 0 amide bonds. The molecule has 0 heterocycles. The maximum absolute atomic E-state index is 2.21. The van der Waals surface area contributed by atoms with Gasteiger partial charge in [0.25, 0.3) is 0 Å². The third-order valence-corrected chi connectivity index (χ3v) is 6.30. The largest absolute Gasteiger partial charge is 1.00 e. The van der Waals surface area contributed by atoms with Crippen molar-refractivity contribution in [2.24, 2.45) is 0 Å². The molecule has 0 aliphatic rings. The van der Waals surface area contributed by atoms with Gasteiger partial charge in [0.2, 0.25) is 0 Å². The van der Waals surface area contributed by atoms with Crippen LogP contribution in [-0.4, -0.2) is 3.21 Å². The standard InChI is InChI=1S/C17H11.C15H11.C3H6.2ClH.Zr/c1-3-8-14-12(6-1)13-7-2-4-9-15(13)17-11-5-10-16(14)17;1-2-6-12(7-3-1)14-10-4-8-13-9-5-11-15(13)14;1-3-2;;;/h1-11H;1-11H;1-2H3;2*1H;/q2*-1;;;;+2/p-2. The van der Waals surface area contributed by atoms with Crippen molar-refractivity contribution in [2.45, 2.75) is 13.8 Å². The van der Waals surface area contributed by atoms with Crippen LogP contribution in [0.25, 0.3) is 54.2 Å². The van der Waals surface area contributed by atoms with Gasteiger partial charge >= 0.3 is 41.3 Å². The van der Waals surface area contributed by atoms with Crippen molar-refractivity contribution in [3.63, 3.8) is 0 Å². The van der Waals surface area contributed by atoms with Crippen molar-refractivity contribution < 1.29 is 49.0 Å². The Morgan fingerprint density at radius 2 is 0.974 bits per heavy atom. The fourth-order valence-electron chi connectivity index (χ4n) is 4.83. The smallest absolute Gasteiger partial charge is 0.0279 e. The SMILES string of the molecule is C[C](C)=[Zr+2].[Cl-].[Cl-].c1ccc(-c2cccc3[cH-]ccc23)cc1.c1ccc2c(c1)c1ccccc1c1[cH-]ccc21. The zero-order valence-electron chi connectivity index (χ0n) is 21.5. The second-order valence-electron chi connectivity index (χ2n) is 9.14. The van der Waals surface area contributed by atoms with Crippen LogP contribution in [-0.2, 0) is 24.2 Å². The first-order valence-electron chi connectivity index (χ1n) is 12.3. The molecule has 188 valence electrons. The van der Waals surface area contributed by atoms with Gasteiger partial charge < -0.3 is 24.8 Å². The Kier molecular flexibility index (Phi) is 10.8. The van der Waals surface area contributed by atoms with Crippen LogP contribution in [0, 0.1) is 0 Å². The molecule has 3 heteroatoms. The van der Waals surface area contributed by atoms with E-state index in [-0.39, 0.29) is 24.8 Å². The first-order valence-corrected chi connectivity index (χ1v) is 13.5. The molecule has 0 aliphatic heterocycles. The molecule has 0 bridgehead atoms. The van der Waals surface area contributed by atoms with Gasteiger partial charge in [-0.25, -0.2) is 0 Å². The molecule has 0 aromatic heterocycles. The Hall–Kier alpha value is -2.83. The van der Waals surface area contributed by atoms with Gasteiger partial charge in [-0.1, -0.05) is 107 Å². The summed E-state index contributed by atoms with van der Waals surface area (Å²) >= 11 is 1.55. The van der Waals surface area contributed by atoms with Crippen LogP contribution in [0.2, 0.25) is 0 Å². The van der Waals surface area contributed by atoms with Gasteiger partial charge in [0.1, 0.15) is 0 Å². The van der Waals surface area contributed by atoms with Crippen LogP contribution in [0.1, 0.15) is 13.8 Å². The maximum atomic E-state index is 2.21. The molecule has 0 nitrogen and oxygen atoms in total. The Morgan fingerprint density at radius 3 is 1.61 bits per heavy atom. The van der Waals surface area contributed by atoms with Crippen molar-refractivity contribution in [2.75, 3.05) is 0 Å². The molecule has 0 unspecified atom stereocenters. The maximum Gasteiger partial charge on any atom is -0.0279 e. The quantitative estimate of drug-likeness (QED) is 0.196. The summed E-state index contributed by atoms with van der Waals surface area (Å²) in [6.07, 6.45) is 0. The summed E-state index contributed by atoms with van der Waals surface area (Å²) in [6.45, 7) is 4.25. The van der Waals surface area contributed by atoms with Gasteiger partial charge in [-0.15, -0.1) is 45.8 Å². The van der Waals surface area contributed by atoms with Crippen LogP contribution in [0.3, 0.4) is 0 Å². The fraction of sp³-hybridized carbons (Fsp3) is 0.0571.